The second kappa shape index (κ2) is 6.59. The van der Waals surface area contributed by atoms with Gasteiger partial charge in [0.2, 0.25) is 0 Å². The maximum atomic E-state index is 11.0. The fraction of sp³-hybridized carbons (Fsp3) is 0.250. The Bertz CT molecular complexity index is 658. The van der Waals surface area contributed by atoms with E-state index in [2.05, 4.69) is 4.98 Å². The molecule has 5 heteroatoms. The van der Waals surface area contributed by atoms with Crippen LogP contribution < -0.4 is 4.74 Å². The van der Waals surface area contributed by atoms with Crippen molar-refractivity contribution in [3.05, 3.63) is 47.2 Å². The Morgan fingerprint density at radius 3 is 2.67 bits per heavy atom. The van der Waals surface area contributed by atoms with E-state index in [4.69, 9.17) is 21.4 Å². The van der Waals surface area contributed by atoms with E-state index in [1.165, 1.54) is 12.3 Å². The smallest absolute Gasteiger partial charge is 0.354 e. The van der Waals surface area contributed by atoms with Gasteiger partial charge >= 0.3 is 5.97 Å². The molecule has 0 spiro atoms. The summed E-state index contributed by atoms with van der Waals surface area (Å²) in [6.45, 7) is 4.02. The number of carbonyl (C=O) groups is 1. The van der Waals surface area contributed by atoms with Gasteiger partial charge in [0, 0.05) is 6.20 Å². The highest BCUT2D eigenvalue weighted by Gasteiger charge is 2.10. The molecule has 0 aliphatic carbocycles. The lowest BCUT2D eigenvalue weighted by Gasteiger charge is -2.14. The Labute approximate surface area is 128 Å². The zero-order valence-electron chi connectivity index (χ0n) is 11.8. The molecule has 0 saturated heterocycles. The Hall–Kier alpha value is -2.07. The van der Waals surface area contributed by atoms with Crippen LogP contribution in [0.15, 0.2) is 36.5 Å². The Kier molecular flexibility index (Phi) is 4.81. The van der Waals surface area contributed by atoms with E-state index < -0.39 is 5.97 Å². The van der Waals surface area contributed by atoms with Gasteiger partial charge in [0.1, 0.15) is 11.4 Å². The molecule has 0 radical (unpaired) electrons. The fourth-order valence-corrected chi connectivity index (χ4v) is 2.03. The average molecular weight is 306 g/mol. The van der Waals surface area contributed by atoms with Crippen LogP contribution in [-0.4, -0.2) is 22.2 Å². The SMILES string of the molecule is CC[C@H](C)Oc1ccc(-c2ccnc(C(=O)O)c2)cc1Cl. The van der Waals surface area contributed by atoms with Gasteiger partial charge in [0.15, 0.2) is 0 Å². The van der Waals surface area contributed by atoms with Crippen LogP contribution in [0.2, 0.25) is 5.02 Å². The number of aromatic carboxylic acids is 1. The standard InChI is InChI=1S/C16H16ClNO3/c1-3-10(2)21-15-5-4-11(8-13(15)17)12-6-7-18-14(9-12)16(19)20/h4-10H,3H2,1-2H3,(H,19,20)/t10-/m0/s1. The second-order valence-electron chi connectivity index (χ2n) is 4.72. The molecular formula is C16H16ClNO3. The van der Waals surface area contributed by atoms with Crippen molar-refractivity contribution in [1.82, 2.24) is 4.98 Å². The highest BCUT2D eigenvalue weighted by Crippen LogP contribution is 2.31. The van der Waals surface area contributed by atoms with Crippen molar-refractivity contribution >= 4 is 17.6 Å². The summed E-state index contributed by atoms with van der Waals surface area (Å²) in [7, 11) is 0. The molecule has 21 heavy (non-hydrogen) atoms. The summed E-state index contributed by atoms with van der Waals surface area (Å²) in [6.07, 6.45) is 2.45. The van der Waals surface area contributed by atoms with Gasteiger partial charge < -0.3 is 9.84 Å². The number of nitrogens with zero attached hydrogens (tertiary/aromatic N) is 1. The van der Waals surface area contributed by atoms with Crippen LogP contribution >= 0.6 is 11.6 Å². The van der Waals surface area contributed by atoms with Crippen molar-refractivity contribution in [2.24, 2.45) is 0 Å². The minimum atomic E-state index is -1.06. The molecule has 1 atom stereocenters. The molecule has 110 valence electrons. The Morgan fingerprint density at radius 2 is 2.05 bits per heavy atom. The fourth-order valence-electron chi connectivity index (χ4n) is 1.80. The Balaban J connectivity index is 2.31. The van der Waals surface area contributed by atoms with Crippen LogP contribution in [0.1, 0.15) is 30.8 Å². The lowest BCUT2D eigenvalue weighted by Crippen LogP contribution is -2.09. The number of hydrogen-bond acceptors (Lipinski definition) is 3. The van der Waals surface area contributed by atoms with E-state index in [0.717, 1.165) is 17.5 Å². The van der Waals surface area contributed by atoms with Gasteiger partial charge in [-0.15, -0.1) is 0 Å². The third kappa shape index (κ3) is 3.73. The van der Waals surface area contributed by atoms with Crippen LogP contribution in [0, 0.1) is 0 Å². The van der Waals surface area contributed by atoms with E-state index >= 15 is 0 Å². The number of benzene rings is 1. The van der Waals surface area contributed by atoms with E-state index in [1.807, 2.05) is 19.9 Å². The van der Waals surface area contributed by atoms with Gasteiger partial charge in [0.05, 0.1) is 11.1 Å². The molecule has 0 amide bonds. The molecule has 4 nitrogen and oxygen atoms in total. The van der Waals surface area contributed by atoms with Crippen molar-refractivity contribution in [2.75, 3.05) is 0 Å². The molecule has 0 aliphatic rings. The van der Waals surface area contributed by atoms with Crippen molar-refractivity contribution in [3.63, 3.8) is 0 Å². The molecule has 1 aromatic carbocycles. The van der Waals surface area contributed by atoms with Gasteiger partial charge in [-0.05, 0) is 48.7 Å². The van der Waals surface area contributed by atoms with Crippen molar-refractivity contribution in [1.29, 1.82) is 0 Å². The van der Waals surface area contributed by atoms with Crippen LogP contribution in [0.5, 0.6) is 5.75 Å². The van der Waals surface area contributed by atoms with Gasteiger partial charge in [0.25, 0.3) is 0 Å². The van der Waals surface area contributed by atoms with Crippen molar-refractivity contribution in [2.45, 2.75) is 26.4 Å². The van der Waals surface area contributed by atoms with E-state index in [-0.39, 0.29) is 11.8 Å². The highest BCUT2D eigenvalue weighted by molar-refractivity contribution is 6.32. The summed E-state index contributed by atoms with van der Waals surface area (Å²) in [5.41, 5.74) is 1.57. The molecule has 0 fully saturated rings. The maximum absolute atomic E-state index is 11.0. The average Bonchev–Trinajstić information content (AvgIpc) is 2.49. The van der Waals surface area contributed by atoms with Gasteiger partial charge in [-0.3, -0.25) is 0 Å². The van der Waals surface area contributed by atoms with Gasteiger partial charge in [-0.1, -0.05) is 24.6 Å². The maximum Gasteiger partial charge on any atom is 0.354 e. The molecule has 0 bridgehead atoms. The first kappa shape index (κ1) is 15.3. The van der Waals surface area contributed by atoms with Crippen molar-refractivity contribution < 1.29 is 14.6 Å². The summed E-state index contributed by atoms with van der Waals surface area (Å²) in [5, 5.41) is 9.47. The summed E-state index contributed by atoms with van der Waals surface area (Å²) >= 11 is 6.23. The van der Waals surface area contributed by atoms with Crippen LogP contribution in [0.25, 0.3) is 11.1 Å². The number of carboxylic acid groups (broad SMARTS) is 1. The number of ether oxygens (including phenoxy) is 1. The summed E-state index contributed by atoms with van der Waals surface area (Å²) < 4.78 is 5.71. The lowest BCUT2D eigenvalue weighted by atomic mass is 10.1. The minimum Gasteiger partial charge on any atom is -0.489 e. The summed E-state index contributed by atoms with van der Waals surface area (Å²) in [5.74, 6) is -0.429. The zero-order valence-corrected chi connectivity index (χ0v) is 12.6. The quantitative estimate of drug-likeness (QED) is 0.895. The number of pyridine rings is 1. The van der Waals surface area contributed by atoms with E-state index in [9.17, 15) is 4.79 Å². The van der Waals surface area contributed by atoms with Gasteiger partial charge in [-0.2, -0.15) is 0 Å². The first-order chi connectivity index (χ1) is 10.0. The molecule has 1 N–H and O–H groups in total. The van der Waals surface area contributed by atoms with Gasteiger partial charge in [-0.25, -0.2) is 9.78 Å². The molecule has 0 saturated carbocycles. The van der Waals surface area contributed by atoms with Crippen molar-refractivity contribution in [3.8, 4) is 16.9 Å². The molecule has 0 unspecified atom stereocenters. The molecule has 2 rings (SSSR count). The second-order valence-corrected chi connectivity index (χ2v) is 5.12. The lowest BCUT2D eigenvalue weighted by molar-refractivity contribution is 0.0690. The number of rotatable bonds is 5. The molecular weight excluding hydrogens is 290 g/mol. The summed E-state index contributed by atoms with van der Waals surface area (Å²) in [4.78, 5) is 14.7. The first-order valence-electron chi connectivity index (χ1n) is 6.67. The number of aromatic nitrogens is 1. The third-order valence-corrected chi connectivity index (χ3v) is 3.44. The minimum absolute atomic E-state index is 0.00329. The first-order valence-corrected chi connectivity index (χ1v) is 7.05. The Morgan fingerprint density at radius 1 is 1.33 bits per heavy atom. The number of carboxylic acids is 1. The third-order valence-electron chi connectivity index (χ3n) is 3.15. The molecule has 1 aromatic heterocycles. The predicted molar refractivity (Wildman–Crippen MR) is 82.0 cm³/mol. The topological polar surface area (TPSA) is 59.4 Å². The van der Waals surface area contributed by atoms with E-state index in [0.29, 0.717) is 10.8 Å². The predicted octanol–water partition coefficient (Wildman–Crippen LogP) is 4.28. The highest BCUT2D eigenvalue weighted by atomic mass is 35.5. The zero-order chi connectivity index (χ0) is 15.4. The monoisotopic (exact) mass is 305 g/mol. The number of halogens is 1. The van der Waals surface area contributed by atoms with Crippen LogP contribution in [0.3, 0.4) is 0 Å². The van der Waals surface area contributed by atoms with Crippen LogP contribution in [0.4, 0.5) is 0 Å². The molecule has 2 aromatic rings. The van der Waals surface area contributed by atoms with E-state index in [1.54, 1.807) is 18.2 Å². The normalized spacial score (nSPS) is 12.0. The molecule has 0 aliphatic heterocycles. The number of hydrogen-bond donors (Lipinski definition) is 1. The molecule has 1 heterocycles. The van der Waals surface area contributed by atoms with Crippen LogP contribution in [-0.2, 0) is 0 Å². The largest absolute Gasteiger partial charge is 0.489 e. The summed E-state index contributed by atoms with van der Waals surface area (Å²) in [6, 6.07) is 8.67.